The average Bonchev–Trinajstić information content (AvgIpc) is 3.00. The van der Waals surface area contributed by atoms with Gasteiger partial charge in [0, 0.05) is 38.7 Å². The summed E-state index contributed by atoms with van der Waals surface area (Å²) in [5, 5.41) is 14.3. The zero-order valence-corrected chi connectivity index (χ0v) is 15.3. The quantitative estimate of drug-likeness (QED) is 0.742. The average molecular weight is 365 g/mol. The first-order chi connectivity index (χ1) is 11.9. The molecule has 136 valence electrons. The van der Waals surface area contributed by atoms with Crippen molar-refractivity contribution in [2.24, 2.45) is 7.05 Å². The van der Waals surface area contributed by atoms with E-state index in [1.807, 2.05) is 11.6 Å². The lowest BCUT2D eigenvalue weighted by Gasteiger charge is -2.24. The first kappa shape index (κ1) is 17.7. The van der Waals surface area contributed by atoms with Crippen molar-refractivity contribution < 1.29 is 8.42 Å². The molecular formula is C15H23N7O2S. The zero-order valence-electron chi connectivity index (χ0n) is 14.4. The molecular weight excluding hydrogens is 342 g/mol. The van der Waals surface area contributed by atoms with Gasteiger partial charge in [0.1, 0.15) is 17.0 Å². The molecule has 0 aromatic carbocycles. The van der Waals surface area contributed by atoms with Crippen molar-refractivity contribution >= 4 is 15.8 Å². The van der Waals surface area contributed by atoms with Crippen LogP contribution in [0.5, 0.6) is 0 Å². The monoisotopic (exact) mass is 365 g/mol. The molecule has 0 unspecified atom stereocenters. The second kappa shape index (κ2) is 7.44. The standard InChI is InChI=1S/C15H23N7O2S/c1-22-10-19-21-13(22)5-7-17-15-18-9-12(25(2,23)24)14(20-15)11-4-3-6-16-8-11/h9-11,16H,3-8H2,1-2H3,(H,17,18,20)/t11-/m1/s1. The van der Waals surface area contributed by atoms with Crippen molar-refractivity contribution in [2.75, 3.05) is 31.2 Å². The number of anilines is 1. The highest BCUT2D eigenvalue weighted by Crippen LogP contribution is 2.27. The van der Waals surface area contributed by atoms with Gasteiger partial charge < -0.3 is 15.2 Å². The maximum atomic E-state index is 12.1. The van der Waals surface area contributed by atoms with Gasteiger partial charge in [-0.3, -0.25) is 0 Å². The van der Waals surface area contributed by atoms with E-state index in [-0.39, 0.29) is 10.8 Å². The van der Waals surface area contributed by atoms with Crippen LogP contribution in [0.25, 0.3) is 0 Å². The normalized spacial score (nSPS) is 18.2. The van der Waals surface area contributed by atoms with E-state index < -0.39 is 9.84 Å². The fraction of sp³-hybridized carbons (Fsp3) is 0.600. The summed E-state index contributed by atoms with van der Waals surface area (Å²) in [7, 11) is -1.47. The summed E-state index contributed by atoms with van der Waals surface area (Å²) in [6.07, 6.45) is 6.87. The van der Waals surface area contributed by atoms with Crippen LogP contribution in [0.4, 0.5) is 5.95 Å². The molecule has 2 aromatic rings. The van der Waals surface area contributed by atoms with E-state index in [2.05, 4.69) is 30.8 Å². The largest absolute Gasteiger partial charge is 0.354 e. The number of aromatic nitrogens is 5. The van der Waals surface area contributed by atoms with Crippen molar-refractivity contribution in [3.8, 4) is 0 Å². The van der Waals surface area contributed by atoms with E-state index in [9.17, 15) is 8.42 Å². The molecule has 0 radical (unpaired) electrons. The van der Waals surface area contributed by atoms with Crippen molar-refractivity contribution in [3.63, 3.8) is 0 Å². The molecule has 0 spiro atoms. The third kappa shape index (κ3) is 4.31. The highest BCUT2D eigenvalue weighted by molar-refractivity contribution is 7.90. The minimum Gasteiger partial charge on any atom is -0.354 e. The van der Waals surface area contributed by atoms with Gasteiger partial charge in [0.05, 0.1) is 11.9 Å². The summed E-state index contributed by atoms with van der Waals surface area (Å²) in [5.41, 5.74) is 0.603. The molecule has 3 rings (SSSR count). The molecule has 2 aromatic heterocycles. The van der Waals surface area contributed by atoms with E-state index in [1.54, 1.807) is 6.33 Å². The Labute approximate surface area is 147 Å². The predicted octanol–water partition coefficient (Wildman–Crippen LogP) is 0.130. The fourth-order valence-corrected chi connectivity index (χ4v) is 3.79. The number of hydrogen-bond acceptors (Lipinski definition) is 8. The molecule has 1 saturated heterocycles. The maximum Gasteiger partial charge on any atom is 0.222 e. The second-order valence-electron chi connectivity index (χ2n) is 6.29. The van der Waals surface area contributed by atoms with E-state index in [0.717, 1.165) is 31.8 Å². The molecule has 2 N–H and O–H groups in total. The number of aryl methyl sites for hydroxylation is 1. The Hall–Kier alpha value is -2.07. The summed E-state index contributed by atoms with van der Waals surface area (Å²) in [6.45, 7) is 2.28. The molecule has 1 aliphatic heterocycles. The Balaban J connectivity index is 1.77. The number of nitrogens with one attached hydrogen (secondary N) is 2. The minimum atomic E-state index is -3.36. The molecule has 1 aliphatic rings. The predicted molar refractivity (Wildman–Crippen MR) is 93.2 cm³/mol. The van der Waals surface area contributed by atoms with Gasteiger partial charge in [-0.1, -0.05) is 0 Å². The lowest BCUT2D eigenvalue weighted by atomic mass is 9.96. The van der Waals surface area contributed by atoms with Crippen molar-refractivity contribution in [1.82, 2.24) is 30.0 Å². The molecule has 0 bridgehead atoms. The Morgan fingerprint density at radius 2 is 2.28 bits per heavy atom. The molecule has 0 aliphatic carbocycles. The van der Waals surface area contributed by atoms with E-state index in [1.165, 1.54) is 12.5 Å². The third-order valence-electron chi connectivity index (χ3n) is 4.30. The van der Waals surface area contributed by atoms with Crippen LogP contribution >= 0.6 is 0 Å². The number of nitrogens with zero attached hydrogens (tertiary/aromatic N) is 5. The molecule has 9 nitrogen and oxygen atoms in total. The van der Waals surface area contributed by atoms with Crippen molar-refractivity contribution in [2.45, 2.75) is 30.1 Å². The summed E-state index contributed by atoms with van der Waals surface area (Å²) in [4.78, 5) is 8.92. The maximum absolute atomic E-state index is 12.1. The van der Waals surface area contributed by atoms with Gasteiger partial charge in [-0.2, -0.15) is 0 Å². The molecule has 25 heavy (non-hydrogen) atoms. The van der Waals surface area contributed by atoms with Gasteiger partial charge in [0.2, 0.25) is 5.95 Å². The topological polar surface area (TPSA) is 115 Å². The van der Waals surface area contributed by atoms with Crippen LogP contribution in [0.15, 0.2) is 17.4 Å². The first-order valence-electron chi connectivity index (χ1n) is 8.29. The van der Waals surface area contributed by atoms with Gasteiger partial charge in [-0.05, 0) is 19.4 Å². The zero-order chi connectivity index (χ0) is 17.9. The molecule has 1 fully saturated rings. The number of sulfone groups is 1. The van der Waals surface area contributed by atoms with Gasteiger partial charge >= 0.3 is 0 Å². The number of rotatable bonds is 6. The van der Waals surface area contributed by atoms with Crippen LogP contribution in [0.1, 0.15) is 30.3 Å². The van der Waals surface area contributed by atoms with Crippen molar-refractivity contribution in [1.29, 1.82) is 0 Å². The minimum absolute atomic E-state index is 0.0840. The molecule has 0 amide bonds. The van der Waals surface area contributed by atoms with E-state index in [4.69, 9.17) is 0 Å². The SMILES string of the molecule is Cn1cnnc1CCNc1ncc(S(C)(=O)=O)c([C@@H]2CCCNC2)n1. The third-order valence-corrected chi connectivity index (χ3v) is 5.42. The first-order valence-corrected chi connectivity index (χ1v) is 10.2. The lowest BCUT2D eigenvalue weighted by Crippen LogP contribution is -2.30. The van der Waals surface area contributed by atoms with Gasteiger partial charge in [-0.15, -0.1) is 10.2 Å². The fourth-order valence-electron chi connectivity index (χ4n) is 2.95. The summed E-state index contributed by atoms with van der Waals surface area (Å²) in [5.74, 6) is 1.38. The molecule has 1 atom stereocenters. The van der Waals surface area contributed by atoms with Crippen LogP contribution in [-0.4, -0.2) is 59.0 Å². The Bertz CT molecular complexity index is 828. The smallest absolute Gasteiger partial charge is 0.222 e. The van der Waals surface area contributed by atoms with Crippen LogP contribution in [0.2, 0.25) is 0 Å². The molecule has 10 heteroatoms. The second-order valence-corrected chi connectivity index (χ2v) is 8.28. The highest BCUT2D eigenvalue weighted by atomic mass is 32.2. The van der Waals surface area contributed by atoms with Crippen LogP contribution in [0, 0.1) is 0 Å². The Kier molecular flexibility index (Phi) is 5.28. The summed E-state index contributed by atoms with van der Waals surface area (Å²) < 4.78 is 26.0. The molecule has 3 heterocycles. The summed E-state index contributed by atoms with van der Waals surface area (Å²) in [6, 6.07) is 0. The number of piperidine rings is 1. The Morgan fingerprint density at radius 3 is 2.92 bits per heavy atom. The van der Waals surface area contributed by atoms with Crippen LogP contribution in [-0.2, 0) is 23.3 Å². The van der Waals surface area contributed by atoms with Gasteiger partial charge in [0.15, 0.2) is 9.84 Å². The van der Waals surface area contributed by atoms with Crippen molar-refractivity contribution in [3.05, 3.63) is 24.0 Å². The van der Waals surface area contributed by atoms with Gasteiger partial charge in [0.25, 0.3) is 0 Å². The van der Waals surface area contributed by atoms with Crippen LogP contribution in [0.3, 0.4) is 0 Å². The molecule has 0 saturated carbocycles. The summed E-state index contributed by atoms with van der Waals surface area (Å²) >= 11 is 0. The van der Waals surface area contributed by atoms with Crippen LogP contribution < -0.4 is 10.6 Å². The van der Waals surface area contributed by atoms with Gasteiger partial charge in [-0.25, -0.2) is 18.4 Å². The van der Waals surface area contributed by atoms with E-state index >= 15 is 0 Å². The number of hydrogen-bond donors (Lipinski definition) is 2. The van der Waals surface area contributed by atoms with E-state index in [0.29, 0.717) is 24.6 Å². The lowest BCUT2D eigenvalue weighted by molar-refractivity contribution is 0.448. The Morgan fingerprint density at radius 1 is 1.44 bits per heavy atom. The highest BCUT2D eigenvalue weighted by Gasteiger charge is 2.25.